The fraction of sp³-hybridized carbons (Fsp3) is 0.375. The van der Waals surface area contributed by atoms with Crippen LogP contribution in [0.15, 0.2) is 42.6 Å². The summed E-state index contributed by atoms with van der Waals surface area (Å²) in [6.45, 7) is 4.21. The van der Waals surface area contributed by atoms with E-state index >= 15 is 0 Å². The summed E-state index contributed by atoms with van der Waals surface area (Å²) in [6.07, 6.45) is 6.11. The van der Waals surface area contributed by atoms with Crippen molar-refractivity contribution in [2.75, 3.05) is 12.0 Å². The maximum atomic E-state index is 6.23. The quantitative estimate of drug-likeness (QED) is 0.580. The Morgan fingerprint density at radius 2 is 1.72 bits per heavy atom. The van der Waals surface area contributed by atoms with E-state index in [9.17, 15) is 0 Å². The molecule has 5 heteroatoms. The number of ether oxygens (including phenoxy) is 1. The molecule has 0 spiro atoms. The standard InChI is InChI=1S/C24H28ClN3O/c1-15-12-20(13-16(2)24(15)29-3)28(19-7-5-18(26)6-8-19)23-10-11-27-22-14-17(25)4-9-21(22)23/h4,9-14,18-19H,5-8,26H2,1-3H3. The minimum atomic E-state index is 0.306. The van der Waals surface area contributed by atoms with Crippen molar-refractivity contribution in [3.05, 3.63) is 58.7 Å². The molecule has 0 unspecified atom stereocenters. The predicted molar refractivity (Wildman–Crippen MR) is 122 cm³/mol. The van der Waals surface area contributed by atoms with Crippen molar-refractivity contribution in [2.24, 2.45) is 5.73 Å². The van der Waals surface area contributed by atoms with Gasteiger partial charge in [0.2, 0.25) is 0 Å². The van der Waals surface area contributed by atoms with Gasteiger partial charge in [-0.05, 0) is 87.1 Å². The highest BCUT2D eigenvalue weighted by Crippen LogP contribution is 2.40. The Balaban J connectivity index is 1.88. The normalized spacial score (nSPS) is 19.3. The summed E-state index contributed by atoms with van der Waals surface area (Å²) >= 11 is 6.23. The third-order valence-electron chi connectivity index (χ3n) is 5.98. The first kappa shape index (κ1) is 20.0. The summed E-state index contributed by atoms with van der Waals surface area (Å²) in [6, 6.07) is 13.2. The zero-order chi connectivity index (χ0) is 20.5. The second-order valence-electron chi connectivity index (χ2n) is 8.04. The lowest BCUT2D eigenvalue weighted by Gasteiger charge is -2.38. The number of rotatable bonds is 4. The largest absolute Gasteiger partial charge is 0.496 e. The van der Waals surface area contributed by atoms with Gasteiger partial charge in [-0.2, -0.15) is 0 Å². The molecule has 1 aliphatic carbocycles. The van der Waals surface area contributed by atoms with Crippen LogP contribution in [0, 0.1) is 13.8 Å². The van der Waals surface area contributed by atoms with Crippen LogP contribution in [0.1, 0.15) is 36.8 Å². The maximum absolute atomic E-state index is 6.23. The molecule has 152 valence electrons. The molecule has 0 bridgehead atoms. The van der Waals surface area contributed by atoms with Crippen LogP contribution >= 0.6 is 11.6 Å². The number of hydrogen-bond donors (Lipinski definition) is 1. The van der Waals surface area contributed by atoms with Crippen LogP contribution < -0.4 is 15.4 Å². The number of aromatic nitrogens is 1. The Hall–Kier alpha value is -2.30. The SMILES string of the molecule is COc1c(C)cc(N(c2ccnc3cc(Cl)ccc23)C2CCC(N)CC2)cc1C. The van der Waals surface area contributed by atoms with Gasteiger partial charge in [0.25, 0.3) is 0 Å². The van der Waals surface area contributed by atoms with Gasteiger partial charge in [0.1, 0.15) is 5.75 Å². The summed E-state index contributed by atoms with van der Waals surface area (Å²) in [5.74, 6) is 0.950. The minimum absolute atomic E-state index is 0.306. The van der Waals surface area contributed by atoms with Crippen LogP contribution in [-0.4, -0.2) is 24.2 Å². The highest BCUT2D eigenvalue weighted by Gasteiger charge is 2.27. The van der Waals surface area contributed by atoms with Crippen molar-refractivity contribution in [1.82, 2.24) is 4.98 Å². The molecule has 4 rings (SSSR count). The van der Waals surface area contributed by atoms with Crippen LogP contribution in [0.4, 0.5) is 11.4 Å². The third-order valence-corrected chi connectivity index (χ3v) is 6.21. The summed E-state index contributed by atoms with van der Waals surface area (Å²) < 4.78 is 5.60. The molecule has 1 fully saturated rings. The summed E-state index contributed by atoms with van der Waals surface area (Å²) in [5, 5.41) is 1.81. The minimum Gasteiger partial charge on any atom is -0.496 e. The van der Waals surface area contributed by atoms with Crippen molar-refractivity contribution < 1.29 is 4.74 Å². The van der Waals surface area contributed by atoms with E-state index in [2.05, 4.69) is 48.0 Å². The monoisotopic (exact) mass is 409 g/mol. The molecule has 29 heavy (non-hydrogen) atoms. The number of pyridine rings is 1. The van der Waals surface area contributed by atoms with Gasteiger partial charge >= 0.3 is 0 Å². The Morgan fingerprint density at radius 1 is 1.03 bits per heavy atom. The second-order valence-corrected chi connectivity index (χ2v) is 8.48. The van der Waals surface area contributed by atoms with E-state index in [-0.39, 0.29) is 0 Å². The Labute approximate surface area is 177 Å². The number of anilines is 2. The van der Waals surface area contributed by atoms with Crippen molar-refractivity contribution in [3.8, 4) is 5.75 Å². The van der Waals surface area contributed by atoms with Gasteiger partial charge < -0.3 is 15.4 Å². The highest BCUT2D eigenvalue weighted by atomic mass is 35.5. The van der Waals surface area contributed by atoms with Crippen LogP contribution in [0.3, 0.4) is 0 Å². The van der Waals surface area contributed by atoms with Gasteiger partial charge in [-0.15, -0.1) is 0 Å². The number of nitrogens with two attached hydrogens (primary N) is 1. The molecule has 0 atom stereocenters. The van der Waals surface area contributed by atoms with E-state index in [1.54, 1.807) is 7.11 Å². The topological polar surface area (TPSA) is 51.4 Å². The lowest BCUT2D eigenvalue weighted by atomic mass is 9.89. The first-order valence-corrected chi connectivity index (χ1v) is 10.6. The number of fused-ring (bicyclic) bond motifs is 1. The zero-order valence-electron chi connectivity index (χ0n) is 17.3. The Morgan fingerprint density at radius 3 is 2.38 bits per heavy atom. The molecule has 2 N–H and O–H groups in total. The fourth-order valence-corrected chi connectivity index (χ4v) is 4.78. The van der Waals surface area contributed by atoms with Crippen LogP contribution in [0.5, 0.6) is 5.75 Å². The molecule has 1 aliphatic rings. The fourth-order valence-electron chi connectivity index (χ4n) is 4.61. The number of benzene rings is 2. The van der Waals surface area contributed by atoms with Gasteiger partial charge in [-0.25, -0.2) is 0 Å². The van der Waals surface area contributed by atoms with Gasteiger partial charge in [0.15, 0.2) is 0 Å². The molecule has 1 saturated carbocycles. The maximum Gasteiger partial charge on any atom is 0.124 e. The van der Waals surface area contributed by atoms with Gasteiger partial charge in [-0.3, -0.25) is 4.98 Å². The van der Waals surface area contributed by atoms with Crippen molar-refractivity contribution >= 4 is 33.9 Å². The molecule has 0 amide bonds. The first-order valence-electron chi connectivity index (χ1n) is 10.2. The van der Waals surface area contributed by atoms with E-state index in [0.29, 0.717) is 17.1 Å². The lowest BCUT2D eigenvalue weighted by molar-refractivity contribution is 0.391. The number of halogens is 1. The lowest BCUT2D eigenvalue weighted by Crippen LogP contribution is -2.38. The van der Waals surface area contributed by atoms with Gasteiger partial charge in [0, 0.05) is 34.4 Å². The smallest absolute Gasteiger partial charge is 0.124 e. The molecule has 3 aromatic rings. The van der Waals surface area contributed by atoms with Crippen molar-refractivity contribution in [2.45, 2.75) is 51.6 Å². The molecule has 0 saturated heterocycles. The Kier molecular flexibility index (Phi) is 5.66. The molecule has 0 aliphatic heterocycles. The third kappa shape index (κ3) is 3.92. The second kappa shape index (κ2) is 8.21. The summed E-state index contributed by atoms with van der Waals surface area (Å²) in [4.78, 5) is 7.02. The van der Waals surface area contributed by atoms with Crippen LogP contribution in [-0.2, 0) is 0 Å². The van der Waals surface area contributed by atoms with Crippen molar-refractivity contribution in [3.63, 3.8) is 0 Å². The first-order chi connectivity index (χ1) is 14.0. The Bertz CT molecular complexity index is 1000. The molecule has 0 radical (unpaired) electrons. The summed E-state index contributed by atoms with van der Waals surface area (Å²) in [5.41, 5.74) is 11.7. The van der Waals surface area contributed by atoms with Crippen molar-refractivity contribution in [1.29, 1.82) is 0 Å². The highest BCUT2D eigenvalue weighted by molar-refractivity contribution is 6.31. The van der Waals surface area contributed by atoms with Crippen LogP contribution in [0.25, 0.3) is 10.9 Å². The van der Waals surface area contributed by atoms with Gasteiger partial charge in [0.05, 0.1) is 18.3 Å². The number of methoxy groups -OCH3 is 1. The molecular weight excluding hydrogens is 382 g/mol. The molecular formula is C24H28ClN3O. The van der Waals surface area contributed by atoms with E-state index in [4.69, 9.17) is 22.1 Å². The molecule has 4 nitrogen and oxygen atoms in total. The number of hydrogen-bond acceptors (Lipinski definition) is 4. The van der Waals surface area contributed by atoms with E-state index in [1.165, 1.54) is 5.69 Å². The zero-order valence-corrected chi connectivity index (χ0v) is 18.0. The predicted octanol–water partition coefficient (Wildman–Crippen LogP) is 5.92. The van der Waals surface area contributed by atoms with E-state index in [1.807, 2.05) is 18.3 Å². The average Bonchev–Trinajstić information content (AvgIpc) is 2.69. The van der Waals surface area contributed by atoms with E-state index < -0.39 is 0 Å². The number of nitrogens with zero attached hydrogens (tertiary/aromatic N) is 2. The van der Waals surface area contributed by atoms with Gasteiger partial charge in [-0.1, -0.05) is 11.6 Å². The molecule has 2 aromatic carbocycles. The molecule has 1 aromatic heterocycles. The molecule has 1 heterocycles. The van der Waals surface area contributed by atoms with Crippen LogP contribution in [0.2, 0.25) is 5.02 Å². The number of aryl methyl sites for hydroxylation is 2. The summed E-state index contributed by atoms with van der Waals surface area (Å²) in [7, 11) is 1.73. The van der Waals surface area contributed by atoms with E-state index in [0.717, 1.165) is 59.2 Å². The average molecular weight is 410 g/mol.